The molecule has 1 amide bonds. The first-order chi connectivity index (χ1) is 18.0. The molecule has 0 radical (unpaired) electrons. The summed E-state index contributed by atoms with van der Waals surface area (Å²) in [5.74, 6) is -0.940. The SMILES string of the molecule is CCc1cc(N=Nc2c([O-])c(C(=O)Nc3cc(OC)ccc3Cl)cc3ccccc23)c(Cl)cc1S(=O)(=O)O.[Na+]. The van der Waals surface area contributed by atoms with Crippen molar-refractivity contribution in [3.05, 3.63) is 81.8 Å². The second-order valence-corrected chi connectivity index (χ2v) is 10.3. The minimum absolute atomic E-state index is 0. The summed E-state index contributed by atoms with van der Waals surface area (Å²) in [7, 11) is -3.04. The number of fused-ring (bicyclic) bond motifs is 1. The fourth-order valence-corrected chi connectivity index (χ4v) is 5.01. The molecule has 0 bridgehead atoms. The summed E-state index contributed by atoms with van der Waals surface area (Å²) in [6, 6.07) is 15.4. The van der Waals surface area contributed by atoms with Crippen LogP contribution in [0.1, 0.15) is 22.8 Å². The molecule has 0 spiro atoms. The van der Waals surface area contributed by atoms with Crippen LogP contribution in [0.25, 0.3) is 10.8 Å². The third-order valence-electron chi connectivity index (χ3n) is 5.69. The summed E-state index contributed by atoms with van der Waals surface area (Å²) < 4.78 is 38.0. The van der Waals surface area contributed by atoms with E-state index in [0.29, 0.717) is 16.5 Å². The number of hydrogen-bond acceptors (Lipinski definition) is 7. The number of hydrogen-bond donors (Lipinski definition) is 2. The van der Waals surface area contributed by atoms with Gasteiger partial charge in [0.15, 0.2) is 0 Å². The average molecular weight is 596 g/mol. The maximum Gasteiger partial charge on any atom is 1.00 e. The zero-order valence-corrected chi connectivity index (χ0v) is 25.4. The van der Waals surface area contributed by atoms with E-state index in [1.807, 2.05) is 0 Å². The molecular formula is C26H20Cl2N3NaO6S. The van der Waals surface area contributed by atoms with Crippen molar-refractivity contribution in [2.45, 2.75) is 18.2 Å². The topological polar surface area (TPSA) is 140 Å². The van der Waals surface area contributed by atoms with Gasteiger partial charge in [-0.25, -0.2) is 0 Å². The fourth-order valence-electron chi connectivity index (χ4n) is 3.78. The first-order valence-corrected chi connectivity index (χ1v) is 13.3. The number of rotatable bonds is 7. The molecule has 39 heavy (non-hydrogen) atoms. The van der Waals surface area contributed by atoms with E-state index < -0.39 is 21.8 Å². The Morgan fingerprint density at radius 2 is 1.77 bits per heavy atom. The van der Waals surface area contributed by atoms with Gasteiger partial charge in [-0.05, 0) is 47.7 Å². The van der Waals surface area contributed by atoms with Crippen molar-refractivity contribution in [2.24, 2.45) is 10.2 Å². The third-order valence-corrected chi connectivity index (χ3v) is 7.26. The van der Waals surface area contributed by atoms with E-state index in [2.05, 4.69) is 15.5 Å². The number of nitrogens with zero attached hydrogens (tertiary/aromatic N) is 2. The van der Waals surface area contributed by atoms with Gasteiger partial charge in [0.05, 0.1) is 33.4 Å². The molecule has 4 aromatic carbocycles. The standard InChI is InChI=1S/C26H21Cl2N3O6S.Na/c1-3-14-11-22(20(28)13-23(14)38(34,35)36)30-31-24-17-7-5-4-6-15(17)10-18(25(24)32)26(33)29-21-12-16(37-2)8-9-19(21)27;/h4-13,32H,3H2,1-2H3,(H,29,33)(H,34,35,36);/q;+1/p-1. The van der Waals surface area contributed by atoms with Gasteiger partial charge in [-0.3, -0.25) is 9.35 Å². The zero-order valence-electron chi connectivity index (χ0n) is 21.0. The molecule has 0 atom stereocenters. The van der Waals surface area contributed by atoms with E-state index in [1.54, 1.807) is 43.3 Å². The smallest absolute Gasteiger partial charge is 0.870 e. The van der Waals surface area contributed by atoms with Gasteiger partial charge >= 0.3 is 29.6 Å². The molecule has 0 saturated heterocycles. The summed E-state index contributed by atoms with van der Waals surface area (Å²) in [6.07, 6.45) is 0.257. The molecule has 0 unspecified atom stereocenters. The van der Waals surface area contributed by atoms with E-state index in [1.165, 1.54) is 25.3 Å². The van der Waals surface area contributed by atoms with E-state index in [0.717, 1.165) is 6.07 Å². The van der Waals surface area contributed by atoms with Gasteiger partial charge in [0.2, 0.25) is 0 Å². The van der Waals surface area contributed by atoms with E-state index in [-0.39, 0.29) is 79.1 Å². The minimum atomic E-state index is -4.50. The van der Waals surface area contributed by atoms with Crippen LogP contribution in [0.15, 0.2) is 75.8 Å². The fraction of sp³-hybridized carbons (Fsp3) is 0.115. The van der Waals surface area contributed by atoms with E-state index >= 15 is 0 Å². The van der Waals surface area contributed by atoms with Gasteiger partial charge in [0.25, 0.3) is 16.0 Å². The van der Waals surface area contributed by atoms with Gasteiger partial charge in [0, 0.05) is 17.0 Å². The van der Waals surface area contributed by atoms with Gasteiger partial charge in [-0.1, -0.05) is 60.1 Å². The number of halogens is 2. The summed E-state index contributed by atoms with van der Waals surface area (Å²) in [4.78, 5) is 12.8. The number of ether oxygens (including phenoxy) is 1. The van der Waals surface area contributed by atoms with Crippen molar-refractivity contribution in [1.82, 2.24) is 0 Å². The maximum absolute atomic E-state index is 13.4. The minimum Gasteiger partial charge on any atom is -0.870 e. The second-order valence-electron chi connectivity index (χ2n) is 8.06. The van der Waals surface area contributed by atoms with Crippen LogP contribution in [0.4, 0.5) is 17.1 Å². The van der Waals surface area contributed by atoms with Crippen LogP contribution >= 0.6 is 23.2 Å². The molecule has 4 aromatic rings. The molecule has 0 fully saturated rings. The van der Waals surface area contributed by atoms with Crippen molar-refractivity contribution in [3.8, 4) is 11.5 Å². The van der Waals surface area contributed by atoms with Gasteiger partial charge < -0.3 is 15.2 Å². The van der Waals surface area contributed by atoms with Crippen molar-refractivity contribution >= 4 is 67.1 Å². The Hall–Kier alpha value is -2.70. The Kier molecular flexibility index (Phi) is 10.0. The Balaban J connectivity index is 0.00000420. The van der Waals surface area contributed by atoms with Crippen LogP contribution in [-0.4, -0.2) is 26.0 Å². The Bertz CT molecular complexity index is 1710. The number of methoxy groups -OCH3 is 1. The predicted octanol–water partition coefficient (Wildman–Crippen LogP) is 3.71. The molecule has 0 saturated carbocycles. The van der Waals surface area contributed by atoms with Crippen molar-refractivity contribution in [1.29, 1.82) is 0 Å². The van der Waals surface area contributed by atoms with E-state index in [9.17, 15) is 22.9 Å². The molecule has 0 aromatic heterocycles. The largest absolute Gasteiger partial charge is 1.00 e. The molecule has 0 heterocycles. The van der Waals surface area contributed by atoms with Crippen LogP contribution in [0.2, 0.25) is 10.0 Å². The monoisotopic (exact) mass is 595 g/mol. The quantitative estimate of drug-likeness (QED) is 0.189. The van der Waals surface area contributed by atoms with Crippen LogP contribution in [-0.2, 0) is 16.5 Å². The second kappa shape index (κ2) is 12.6. The number of amides is 1. The first-order valence-electron chi connectivity index (χ1n) is 11.1. The summed E-state index contributed by atoms with van der Waals surface area (Å²) in [6.45, 7) is 1.69. The van der Waals surface area contributed by atoms with Crippen LogP contribution in [0.3, 0.4) is 0 Å². The van der Waals surface area contributed by atoms with Gasteiger partial charge in [0.1, 0.15) is 11.4 Å². The summed E-state index contributed by atoms with van der Waals surface area (Å²) in [5.41, 5.74) is 0.292. The number of azo groups is 1. The van der Waals surface area contributed by atoms with Gasteiger partial charge in [-0.15, -0.1) is 5.11 Å². The van der Waals surface area contributed by atoms with Crippen molar-refractivity contribution in [3.63, 3.8) is 0 Å². The molecule has 13 heteroatoms. The summed E-state index contributed by atoms with van der Waals surface area (Å²) in [5, 5.41) is 25.4. The Labute approximate surface area is 256 Å². The molecule has 0 aliphatic carbocycles. The molecular weight excluding hydrogens is 576 g/mol. The molecule has 2 N–H and O–H groups in total. The molecule has 9 nitrogen and oxygen atoms in total. The number of anilines is 1. The maximum atomic E-state index is 13.4. The number of benzene rings is 4. The number of aryl methyl sites for hydroxylation is 1. The summed E-state index contributed by atoms with van der Waals surface area (Å²) >= 11 is 12.4. The number of carbonyl (C=O) groups is 1. The molecule has 196 valence electrons. The average Bonchev–Trinajstić information content (AvgIpc) is 2.89. The van der Waals surface area contributed by atoms with Crippen LogP contribution in [0.5, 0.6) is 11.5 Å². The number of nitrogens with one attached hydrogen (secondary N) is 1. The van der Waals surface area contributed by atoms with Crippen LogP contribution < -0.4 is 44.7 Å². The zero-order chi connectivity index (χ0) is 27.6. The van der Waals surface area contributed by atoms with E-state index in [4.69, 9.17) is 27.9 Å². The normalized spacial score (nSPS) is 11.4. The predicted molar refractivity (Wildman–Crippen MR) is 144 cm³/mol. The third kappa shape index (κ3) is 6.72. The molecule has 0 aliphatic heterocycles. The first kappa shape index (κ1) is 30.8. The molecule has 4 rings (SSSR count). The Morgan fingerprint density at radius 3 is 2.44 bits per heavy atom. The van der Waals surface area contributed by atoms with Crippen LogP contribution in [0, 0.1) is 0 Å². The number of carbonyl (C=O) groups excluding carboxylic acids is 1. The molecule has 0 aliphatic rings. The van der Waals surface area contributed by atoms with Crippen molar-refractivity contribution < 1.29 is 57.2 Å². The van der Waals surface area contributed by atoms with Crippen molar-refractivity contribution in [2.75, 3.05) is 12.4 Å². The van der Waals surface area contributed by atoms with Gasteiger partial charge in [-0.2, -0.15) is 13.5 Å². The Morgan fingerprint density at radius 1 is 1.05 bits per heavy atom.